The van der Waals surface area contributed by atoms with Crippen LogP contribution >= 0.6 is 11.3 Å². The molecule has 4 aromatic rings. The van der Waals surface area contributed by atoms with Crippen LogP contribution in [0.5, 0.6) is 0 Å². The van der Waals surface area contributed by atoms with Gasteiger partial charge in [0.2, 0.25) is 5.91 Å². The lowest BCUT2D eigenvalue weighted by Gasteiger charge is -2.38. The van der Waals surface area contributed by atoms with Crippen LogP contribution in [-0.4, -0.2) is 56.3 Å². The van der Waals surface area contributed by atoms with E-state index < -0.39 is 0 Å². The average molecular weight is 488 g/mol. The molecule has 0 spiro atoms. The van der Waals surface area contributed by atoms with Crippen molar-refractivity contribution in [1.82, 2.24) is 24.2 Å². The molecule has 180 valence electrons. The predicted octanol–water partition coefficient (Wildman–Crippen LogP) is 3.92. The summed E-state index contributed by atoms with van der Waals surface area (Å²) in [6.07, 6.45) is 6.01. The molecule has 2 atom stereocenters. The molecule has 7 nitrogen and oxygen atoms in total. The monoisotopic (exact) mass is 487 g/mol. The quantitative estimate of drug-likeness (QED) is 0.436. The highest BCUT2D eigenvalue weighted by atomic mass is 32.1. The standard InChI is InChI=1S/C27H29N5O2S/c33-25-17-19(28-24-11-5-6-12-32(24)25)18-30-13-15-31(16-14-30)27(34)21-8-2-1-7-20(21)26-29-22-9-3-4-10-23(22)35-26/h3-6,9-12,17,20-21H,1-2,7-8,13-16,18H2. The molecule has 3 aromatic heterocycles. The second-order valence-corrected chi connectivity index (χ2v) is 10.7. The Kier molecular flexibility index (Phi) is 6.08. The van der Waals surface area contributed by atoms with E-state index in [4.69, 9.17) is 4.98 Å². The summed E-state index contributed by atoms with van der Waals surface area (Å²) >= 11 is 1.75. The summed E-state index contributed by atoms with van der Waals surface area (Å²) in [5, 5.41) is 1.12. The first-order valence-corrected chi connectivity index (χ1v) is 13.3. The zero-order valence-corrected chi connectivity index (χ0v) is 20.5. The molecule has 1 aliphatic heterocycles. The maximum Gasteiger partial charge on any atom is 0.258 e. The van der Waals surface area contributed by atoms with Crippen molar-refractivity contribution in [3.05, 3.63) is 75.8 Å². The number of rotatable bonds is 4. The van der Waals surface area contributed by atoms with Gasteiger partial charge in [0.25, 0.3) is 5.56 Å². The molecule has 0 radical (unpaired) electrons. The van der Waals surface area contributed by atoms with E-state index in [0.29, 0.717) is 25.3 Å². The third kappa shape index (κ3) is 4.48. The number of piperazine rings is 1. The number of hydrogen-bond donors (Lipinski definition) is 0. The van der Waals surface area contributed by atoms with Crippen LogP contribution in [0.1, 0.15) is 42.3 Å². The van der Waals surface area contributed by atoms with Crippen LogP contribution in [-0.2, 0) is 11.3 Å². The van der Waals surface area contributed by atoms with E-state index >= 15 is 0 Å². The molecule has 0 N–H and O–H groups in total. The highest BCUT2D eigenvalue weighted by molar-refractivity contribution is 7.18. The Morgan fingerprint density at radius 3 is 2.63 bits per heavy atom. The van der Waals surface area contributed by atoms with Crippen molar-refractivity contribution in [2.75, 3.05) is 26.2 Å². The third-order valence-electron chi connectivity index (χ3n) is 7.40. The first-order valence-electron chi connectivity index (χ1n) is 12.5. The lowest BCUT2D eigenvalue weighted by molar-refractivity contribution is -0.139. The van der Waals surface area contributed by atoms with Crippen molar-refractivity contribution in [1.29, 1.82) is 0 Å². The van der Waals surface area contributed by atoms with Crippen molar-refractivity contribution >= 4 is 33.1 Å². The van der Waals surface area contributed by atoms with Crippen LogP contribution in [0, 0.1) is 5.92 Å². The number of aromatic nitrogens is 3. The molecule has 8 heteroatoms. The van der Waals surface area contributed by atoms with Crippen molar-refractivity contribution in [2.24, 2.45) is 5.92 Å². The Labute approximate surface area is 208 Å². The number of carbonyl (C=O) groups excluding carboxylic acids is 1. The van der Waals surface area contributed by atoms with Gasteiger partial charge in [0, 0.05) is 56.8 Å². The molecule has 1 amide bonds. The maximum atomic E-state index is 13.6. The van der Waals surface area contributed by atoms with E-state index in [-0.39, 0.29) is 23.3 Å². The van der Waals surface area contributed by atoms with E-state index in [1.807, 2.05) is 24.3 Å². The fraction of sp³-hybridized carbons (Fsp3) is 0.407. The molecular weight excluding hydrogens is 458 g/mol. The highest BCUT2D eigenvalue weighted by Crippen LogP contribution is 2.41. The number of pyridine rings is 1. The number of nitrogens with zero attached hydrogens (tertiary/aromatic N) is 5. The summed E-state index contributed by atoms with van der Waals surface area (Å²) in [5.41, 5.74) is 2.43. The maximum absolute atomic E-state index is 13.6. The number of fused-ring (bicyclic) bond motifs is 2. The minimum atomic E-state index is -0.0578. The smallest absolute Gasteiger partial charge is 0.258 e. The molecule has 1 aliphatic carbocycles. The van der Waals surface area contributed by atoms with Gasteiger partial charge in [-0.1, -0.05) is 31.0 Å². The predicted molar refractivity (Wildman–Crippen MR) is 138 cm³/mol. The fourth-order valence-corrected chi connectivity index (χ4v) is 6.71. The topological polar surface area (TPSA) is 70.8 Å². The van der Waals surface area contributed by atoms with Crippen LogP contribution in [0.3, 0.4) is 0 Å². The minimum Gasteiger partial charge on any atom is -0.340 e. The second kappa shape index (κ2) is 9.51. The van der Waals surface area contributed by atoms with Crippen LogP contribution in [0.15, 0.2) is 59.5 Å². The van der Waals surface area contributed by atoms with E-state index in [1.54, 1.807) is 28.0 Å². The first-order chi connectivity index (χ1) is 17.2. The summed E-state index contributed by atoms with van der Waals surface area (Å²) in [7, 11) is 0. The number of carbonyl (C=O) groups is 1. The number of amides is 1. The van der Waals surface area contributed by atoms with Gasteiger partial charge >= 0.3 is 0 Å². The molecule has 1 aromatic carbocycles. The van der Waals surface area contributed by atoms with Gasteiger partial charge < -0.3 is 4.90 Å². The largest absolute Gasteiger partial charge is 0.340 e. The lowest BCUT2D eigenvalue weighted by Crippen LogP contribution is -2.51. The molecule has 6 rings (SSSR count). The average Bonchev–Trinajstić information content (AvgIpc) is 3.33. The Morgan fingerprint density at radius 2 is 1.77 bits per heavy atom. The second-order valence-electron chi connectivity index (χ2n) is 9.63. The van der Waals surface area contributed by atoms with Crippen molar-refractivity contribution in [2.45, 2.75) is 38.1 Å². The molecular formula is C27H29N5O2S. The zero-order valence-electron chi connectivity index (χ0n) is 19.7. The number of para-hydroxylation sites is 1. The van der Waals surface area contributed by atoms with E-state index in [2.05, 4.69) is 33.0 Å². The highest BCUT2D eigenvalue weighted by Gasteiger charge is 2.37. The molecule has 4 heterocycles. The normalized spacial score (nSPS) is 21.5. The molecule has 1 saturated heterocycles. The van der Waals surface area contributed by atoms with Crippen LogP contribution in [0.2, 0.25) is 0 Å². The van der Waals surface area contributed by atoms with Crippen molar-refractivity contribution in [3.8, 4) is 0 Å². The van der Waals surface area contributed by atoms with E-state index in [1.165, 1.54) is 4.70 Å². The third-order valence-corrected chi connectivity index (χ3v) is 8.57. The van der Waals surface area contributed by atoms with E-state index in [9.17, 15) is 9.59 Å². The summed E-state index contributed by atoms with van der Waals surface area (Å²) in [4.78, 5) is 39.9. The van der Waals surface area contributed by atoms with Gasteiger partial charge in [-0.15, -0.1) is 11.3 Å². The summed E-state index contributed by atoms with van der Waals surface area (Å²) in [6.45, 7) is 3.64. The molecule has 2 fully saturated rings. The molecule has 35 heavy (non-hydrogen) atoms. The number of thiazole rings is 1. The SMILES string of the molecule is O=C(C1CCCCC1c1nc2ccccc2s1)N1CCN(Cc2cc(=O)n3ccccc3n2)CC1. The van der Waals surface area contributed by atoms with Gasteiger partial charge in [-0.2, -0.15) is 0 Å². The van der Waals surface area contributed by atoms with Gasteiger partial charge in [-0.3, -0.25) is 18.9 Å². The Morgan fingerprint density at radius 1 is 0.971 bits per heavy atom. The number of benzene rings is 1. The van der Waals surface area contributed by atoms with Gasteiger partial charge in [-0.25, -0.2) is 9.97 Å². The summed E-state index contributed by atoms with van der Waals surface area (Å²) in [5.74, 6) is 0.537. The zero-order chi connectivity index (χ0) is 23.8. The number of hydrogen-bond acceptors (Lipinski definition) is 6. The van der Waals surface area contributed by atoms with Gasteiger partial charge in [0.1, 0.15) is 5.65 Å². The van der Waals surface area contributed by atoms with E-state index in [0.717, 1.165) is 55.0 Å². The molecule has 2 unspecified atom stereocenters. The van der Waals surface area contributed by atoms with Gasteiger partial charge in [0.05, 0.1) is 20.9 Å². The van der Waals surface area contributed by atoms with Gasteiger partial charge in [-0.05, 0) is 37.1 Å². The molecule has 2 aliphatic rings. The first kappa shape index (κ1) is 22.4. The van der Waals surface area contributed by atoms with Crippen molar-refractivity contribution in [3.63, 3.8) is 0 Å². The Balaban J connectivity index is 1.12. The minimum absolute atomic E-state index is 0.0260. The molecule has 1 saturated carbocycles. The Hall–Kier alpha value is -3.10. The van der Waals surface area contributed by atoms with Crippen LogP contribution in [0.25, 0.3) is 15.9 Å². The lowest BCUT2D eigenvalue weighted by atomic mass is 9.78. The van der Waals surface area contributed by atoms with Crippen LogP contribution < -0.4 is 5.56 Å². The summed E-state index contributed by atoms with van der Waals surface area (Å²) < 4.78 is 2.77. The fourth-order valence-electron chi connectivity index (χ4n) is 5.54. The Bertz CT molecular complexity index is 1390. The van der Waals surface area contributed by atoms with Crippen LogP contribution in [0.4, 0.5) is 0 Å². The van der Waals surface area contributed by atoms with Gasteiger partial charge in [0.15, 0.2) is 0 Å². The molecule has 0 bridgehead atoms. The summed E-state index contributed by atoms with van der Waals surface area (Å²) in [6, 6.07) is 15.5. The van der Waals surface area contributed by atoms with Crippen molar-refractivity contribution < 1.29 is 4.79 Å².